The van der Waals surface area contributed by atoms with Crippen molar-refractivity contribution in [2.45, 2.75) is 14.7 Å². The summed E-state index contributed by atoms with van der Waals surface area (Å²) in [5.41, 5.74) is 2.64. The second kappa shape index (κ2) is 6.31. The molecule has 0 spiro atoms. The molecule has 0 bridgehead atoms. The molecule has 23 heavy (non-hydrogen) atoms. The summed E-state index contributed by atoms with van der Waals surface area (Å²) in [5.74, 6) is 0. The molecule has 1 heteroatoms. The summed E-state index contributed by atoms with van der Waals surface area (Å²) in [6, 6.07) is 36.9. The highest BCUT2D eigenvalue weighted by atomic mass is 32.2. The number of benzene rings is 2. The summed E-state index contributed by atoms with van der Waals surface area (Å²) in [6.45, 7) is 0. The van der Waals surface area contributed by atoms with Crippen molar-refractivity contribution in [2.24, 2.45) is 0 Å². The quantitative estimate of drug-likeness (QED) is 0.414. The Morgan fingerprint density at radius 2 is 0.957 bits per heavy atom. The molecule has 0 nitrogen and oxygen atoms in total. The van der Waals surface area contributed by atoms with Crippen LogP contribution in [-0.2, 0) is 10.9 Å². The van der Waals surface area contributed by atoms with Crippen LogP contribution in [-0.4, -0.2) is 0 Å². The lowest BCUT2D eigenvalue weighted by Gasteiger charge is -2.08. The van der Waals surface area contributed by atoms with Crippen molar-refractivity contribution in [1.29, 1.82) is 0 Å². The molecule has 0 saturated heterocycles. The molecule has 2 aromatic carbocycles. The Hall–Kier alpha value is -2.51. The minimum Gasteiger partial charge on any atom is -0.0622 e. The van der Waals surface area contributed by atoms with Gasteiger partial charge in [-0.2, -0.15) is 0 Å². The first-order chi connectivity index (χ1) is 11.4. The molecule has 4 rings (SSSR count). The van der Waals surface area contributed by atoms with E-state index < -0.39 is 0 Å². The Morgan fingerprint density at radius 1 is 0.435 bits per heavy atom. The molecule has 0 fully saturated rings. The second-order valence-electron chi connectivity index (χ2n) is 5.41. The molecule has 0 amide bonds. The number of hydrogen-bond acceptors (Lipinski definition) is 0. The Balaban J connectivity index is 1.93. The molecule has 0 unspecified atom stereocenters. The van der Waals surface area contributed by atoms with Crippen LogP contribution < -0.4 is 0 Å². The van der Waals surface area contributed by atoms with E-state index in [1.54, 1.807) is 0 Å². The summed E-state index contributed by atoms with van der Waals surface area (Å²) >= 11 is 0. The molecule has 110 valence electrons. The monoisotopic (exact) mass is 313 g/mol. The average molecular weight is 313 g/mol. The van der Waals surface area contributed by atoms with Crippen molar-refractivity contribution in [3.8, 4) is 11.1 Å². The standard InChI is InChI=1S/C22H17S/c1-4-10-18-16-17-22(21(18)15-9-1)23(19-11-5-2-6-12-19)20-13-7-3-8-14-20/h1-17H/q+1. The predicted molar refractivity (Wildman–Crippen MR) is 98.1 cm³/mol. The lowest BCUT2D eigenvalue weighted by atomic mass is 10.2. The minimum absolute atomic E-state index is 0.0797. The van der Waals surface area contributed by atoms with Crippen LogP contribution in [0.1, 0.15) is 0 Å². The van der Waals surface area contributed by atoms with Gasteiger partial charge in [-0.25, -0.2) is 0 Å². The Kier molecular flexibility index (Phi) is 3.87. The fourth-order valence-corrected chi connectivity index (χ4v) is 5.12. The van der Waals surface area contributed by atoms with Gasteiger partial charge in [-0.05, 0) is 48.0 Å². The van der Waals surface area contributed by atoms with Gasteiger partial charge in [0, 0.05) is 5.56 Å². The van der Waals surface area contributed by atoms with Crippen molar-refractivity contribution < 1.29 is 0 Å². The topological polar surface area (TPSA) is 0 Å². The van der Waals surface area contributed by atoms with Crippen molar-refractivity contribution in [3.63, 3.8) is 0 Å². The normalized spacial score (nSPS) is 11.0. The van der Waals surface area contributed by atoms with Crippen LogP contribution in [0.25, 0.3) is 11.1 Å². The van der Waals surface area contributed by atoms with E-state index in [-0.39, 0.29) is 10.9 Å². The van der Waals surface area contributed by atoms with E-state index in [4.69, 9.17) is 0 Å². The van der Waals surface area contributed by atoms with E-state index in [0.717, 1.165) is 0 Å². The van der Waals surface area contributed by atoms with E-state index in [1.165, 1.54) is 25.8 Å². The van der Waals surface area contributed by atoms with Crippen molar-refractivity contribution in [1.82, 2.24) is 0 Å². The van der Waals surface area contributed by atoms with Crippen LogP contribution in [0.3, 0.4) is 0 Å². The highest BCUT2D eigenvalue weighted by molar-refractivity contribution is 7.97. The largest absolute Gasteiger partial charge is 0.174 e. The molecule has 0 radical (unpaired) electrons. The predicted octanol–water partition coefficient (Wildman–Crippen LogP) is 5.89. The van der Waals surface area contributed by atoms with Crippen LogP contribution in [0.2, 0.25) is 0 Å². The summed E-state index contributed by atoms with van der Waals surface area (Å²) in [7, 11) is -0.0797. The van der Waals surface area contributed by atoms with Gasteiger partial charge in [0.05, 0.1) is 10.9 Å². The molecule has 0 N–H and O–H groups in total. The highest BCUT2D eigenvalue weighted by Gasteiger charge is 2.32. The molecule has 2 aliphatic carbocycles. The maximum absolute atomic E-state index is 2.29. The lowest BCUT2D eigenvalue weighted by molar-refractivity contribution is 1.34. The first-order valence-corrected chi connectivity index (χ1v) is 8.98. The number of rotatable bonds is 3. The molecule has 0 saturated carbocycles. The summed E-state index contributed by atoms with van der Waals surface area (Å²) in [6.07, 6.45) is 0. The van der Waals surface area contributed by atoms with Gasteiger partial charge in [-0.1, -0.05) is 60.7 Å². The summed E-state index contributed by atoms with van der Waals surface area (Å²) < 4.78 is 0. The van der Waals surface area contributed by atoms with Gasteiger partial charge in [0.1, 0.15) is 0 Å². The number of hydrogen-bond donors (Lipinski definition) is 0. The SMILES string of the molecule is c1ccc([S+](c2ccccc2)c2ccc3cccccc2-3)cc1. The van der Waals surface area contributed by atoms with E-state index in [1.807, 2.05) is 0 Å². The van der Waals surface area contributed by atoms with Gasteiger partial charge < -0.3 is 0 Å². The molecule has 0 aliphatic heterocycles. The van der Waals surface area contributed by atoms with E-state index >= 15 is 0 Å². The molecule has 2 aromatic rings. The van der Waals surface area contributed by atoms with Gasteiger partial charge >= 0.3 is 0 Å². The van der Waals surface area contributed by atoms with Crippen LogP contribution in [0.4, 0.5) is 0 Å². The van der Waals surface area contributed by atoms with Crippen molar-refractivity contribution >= 4 is 10.9 Å². The summed E-state index contributed by atoms with van der Waals surface area (Å²) in [5, 5.41) is 0. The zero-order valence-corrected chi connectivity index (χ0v) is 13.5. The van der Waals surface area contributed by atoms with E-state index in [0.29, 0.717) is 0 Å². The van der Waals surface area contributed by atoms with Gasteiger partial charge in [-0.15, -0.1) is 0 Å². The number of fused-ring (bicyclic) bond motifs is 1. The highest BCUT2D eigenvalue weighted by Crippen LogP contribution is 2.39. The fourth-order valence-electron chi connectivity index (χ4n) is 2.87. The van der Waals surface area contributed by atoms with Crippen LogP contribution in [0.5, 0.6) is 0 Å². The van der Waals surface area contributed by atoms with Crippen molar-refractivity contribution in [3.05, 3.63) is 103 Å². The zero-order chi connectivity index (χ0) is 15.5. The lowest BCUT2D eigenvalue weighted by Crippen LogP contribution is -2.04. The average Bonchev–Trinajstić information content (AvgIpc) is 2.85. The molecule has 0 atom stereocenters. The van der Waals surface area contributed by atoms with Crippen LogP contribution in [0.15, 0.2) is 118 Å². The van der Waals surface area contributed by atoms with Crippen molar-refractivity contribution in [2.75, 3.05) is 0 Å². The van der Waals surface area contributed by atoms with Crippen LogP contribution in [0, 0.1) is 0 Å². The third-order valence-corrected chi connectivity index (χ3v) is 6.21. The molecular formula is C22H17S+. The van der Waals surface area contributed by atoms with Gasteiger partial charge in [0.25, 0.3) is 0 Å². The summed E-state index contributed by atoms with van der Waals surface area (Å²) in [4.78, 5) is 4.11. The fraction of sp³-hybridized carbons (Fsp3) is 0. The molecule has 0 heterocycles. The van der Waals surface area contributed by atoms with E-state index in [9.17, 15) is 0 Å². The third-order valence-electron chi connectivity index (χ3n) is 3.93. The van der Waals surface area contributed by atoms with E-state index in [2.05, 4.69) is 103 Å². The Morgan fingerprint density at radius 3 is 1.57 bits per heavy atom. The first kappa shape index (κ1) is 14.1. The second-order valence-corrected chi connectivity index (χ2v) is 7.40. The maximum Gasteiger partial charge on any atom is 0.174 e. The Bertz CT molecular complexity index is 829. The van der Waals surface area contributed by atoms with Gasteiger partial charge in [0.15, 0.2) is 14.7 Å². The van der Waals surface area contributed by atoms with Gasteiger partial charge in [-0.3, -0.25) is 0 Å². The zero-order valence-electron chi connectivity index (χ0n) is 12.7. The molecule has 0 aromatic heterocycles. The molecular weight excluding hydrogens is 296 g/mol. The smallest absolute Gasteiger partial charge is 0.0622 e. The first-order valence-electron chi connectivity index (χ1n) is 7.76. The van der Waals surface area contributed by atoms with Gasteiger partial charge in [0.2, 0.25) is 0 Å². The minimum atomic E-state index is -0.0797. The van der Waals surface area contributed by atoms with Crippen LogP contribution >= 0.6 is 0 Å². The molecule has 2 aliphatic rings. The maximum atomic E-state index is 2.29. The Labute approximate surface area is 140 Å². The third kappa shape index (κ3) is 2.76.